The zero-order chi connectivity index (χ0) is 31.0. The van der Waals surface area contributed by atoms with Crippen molar-refractivity contribution in [1.82, 2.24) is 19.4 Å². The van der Waals surface area contributed by atoms with Gasteiger partial charge in [-0.25, -0.2) is 18.7 Å². The molecule has 7 nitrogen and oxygen atoms in total. The van der Waals surface area contributed by atoms with E-state index in [0.717, 1.165) is 22.1 Å². The Balaban J connectivity index is 1.83. The first-order chi connectivity index (χ1) is 20.5. The maximum atomic E-state index is 16.2. The Kier molecular flexibility index (Phi) is 8.40. The molecule has 5 rings (SSSR count). The first kappa shape index (κ1) is 30.0. The number of rotatable bonds is 6. The number of fused-ring (bicyclic) bond motifs is 1. The molecule has 1 aliphatic heterocycles. The summed E-state index contributed by atoms with van der Waals surface area (Å²) in [4.78, 5) is 39.6. The number of hydrogen-bond acceptors (Lipinski definition) is 5. The van der Waals surface area contributed by atoms with Gasteiger partial charge >= 0.3 is 5.69 Å². The lowest BCUT2D eigenvalue weighted by molar-refractivity contribution is -0.126. The number of benzene rings is 2. The third-order valence-corrected chi connectivity index (χ3v) is 7.96. The lowest BCUT2D eigenvalue weighted by Crippen LogP contribution is -2.54. The number of aromatic nitrogens is 3. The molecule has 2 aromatic heterocycles. The zero-order valence-corrected chi connectivity index (χ0v) is 25.7. The average Bonchev–Trinajstić information content (AvgIpc) is 2.96. The normalized spacial score (nSPS) is 15.2. The van der Waals surface area contributed by atoms with E-state index in [2.05, 4.69) is 25.4 Å². The van der Waals surface area contributed by atoms with E-state index < -0.39 is 11.5 Å². The van der Waals surface area contributed by atoms with Crippen molar-refractivity contribution < 1.29 is 9.18 Å². The van der Waals surface area contributed by atoms with Crippen LogP contribution in [0.25, 0.3) is 34.1 Å². The van der Waals surface area contributed by atoms with Gasteiger partial charge in [-0.15, -0.1) is 5.37 Å². The third kappa shape index (κ3) is 5.66. The van der Waals surface area contributed by atoms with Gasteiger partial charge in [-0.1, -0.05) is 69.0 Å². The Bertz CT molecular complexity index is 1830. The number of pyridine rings is 1. The quantitative estimate of drug-likeness (QED) is 0.259. The first-order valence-electron chi connectivity index (χ1n) is 14.7. The van der Waals surface area contributed by atoms with Gasteiger partial charge in [0.15, 0.2) is 5.65 Å². The topological polar surface area (TPSA) is 71.3 Å². The molecule has 2 aromatic carbocycles. The van der Waals surface area contributed by atoms with E-state index in [4.69, 9.17) is 4.98 Å². The summed E-state index contributed by atoms with van der Waals surface area (Å²) in [7, 11) is 3.98. The predicted molar refractivity (Wildman–Crippen MR) is 178 cm³/mol. The van der Waals surface area contributed by atoms with E-state index in [0.29, 0.717) is 47.7 Å². The average molecular weight is 575 g/mol. The van der Waals surface area contributed by atoms with E-state index in [1.54, 1.807) is 4.90 Å². The van der Waals surface area contributed by atoms with Crippen LogP contribution in [0.3, 0.4) is 0 Å². The molecule has 1 atom stereocenters. The summed E-state index contributed by atoms with van der Waals surface area (Å²) in [5.74, 6) is -0.166. The molecule has 1 saturated heterocycles. The van der Waals surface area contributed by atoms with Crippen molar-refractivity contribution in [3.8, 4) is 16.9 Å². The summed E-state index contributed by atoms with van der Waals surface area (Å²) in [6.07, 6.45) is 3.30. The molecule has 1 amide bonds. The van der Waals surface area contributed by atoms with Gasteiger partial charge in [-0.2, -0.15) is 4.98 Å². The minimum absolute atomic E-state index is 0.116. The summed E-state index contributed by atoms with van der Waals surface area (Å²) in [6, 6.07) is 14.8. The number of piperazine rings is 1. The van der Waals surface area contributed by atoms with E-state index in [-0.39, 0.29) is 23.6 Å². The third-order valence-electron chi connectivity index (χ3n) is 7.96. The number of hydrogen-bond donors (Lipinski definition) is 0. The van der Waals surface area contributed by atoms with Gasteiger partial charge in [0.2, 0.25) is 5.91 Å². The van der Waals surface area contributed by atoms with Gasteiger partial charge in [0, 0.05) is 31.2 Å². The van der Waals surface area contributed by atoms with E-state index in [1.165, 1.54) is 16.7 Å². The fourth-order valence-corrected chi connectivity index (χ4v) is 5.92. The highest BCUT2D eigenvalue weighted by molar-refractivity contribution is 6.50. The summed E-state index contributed by atoms with van der Waals surface area (Å²) in [6.45, 7) is 13.0. The van der Waals surface area contributed by atoms with Crippen LogP contribution in [-0.2, 0) is 4.79 Å². The fourth-order valence-electron chi connectivity index (χ4n) is 5.92. The van der Waals surface area contributed by atoms with E-state index in [9.17, 15) is 9.59 Å². The van der Waals surface area contributed by atoms with Gasteiger partial charge < -0.3 is 9.80 Å². The van der Waals surface area contributed by atoms with Gasteiger partial charge in [-0.05, 0) is 48.6 Å². The zero-order valence-electron chi connectivity index (χ0n) is 25.7. The van der Waals surface area contributed by atoms with Gasteiger partial charge in [0.1, 0.15) is 33.0 Å². The maximum Gasteiger partial charge on any atom is 0.355 e. The number of para-hydroxylation sites is 1. The molecule has 0 aliphatic carbocycles. The molecule has 1 fully saturated rings. The summed E-state index contributed by atoms with van der Waals surface area (Å²) in [5.41, 5.74) is 4.08. The molecule has 0 unspecified atom stereocenters. The van der Waals surface area contributed by atoms with Crippen LogP contribution in [0.4, 0.5) is 10.2 Å². The molecule has 3 heterocycles. The highest BCUT2D eigenvalue weighted by Gasteiger charge is 2.30. The van der Waals surface area contributed by atoms with Crippen LogP contribution in [0.2, 0.25) is 0 Å². The Labute approximate surface area is 253 Å². The fraction of sp³-hybridized carbons (Fsp3) is 0.273. The second kappa shape index (κ2) is 12.0. The van der Waals surface area contributed by atoms with Crippen LogP contribution in [0.15, 0.2) is 71.4 Å². The van der Waals surface area contributed by atoms with Crippen molar-refractivity contribution in [3.63, 3.8) is 0 Å². The molecule has 0 bridgehead atoms. The van der Waals surface area contributed by atoms with Crippen molar-refractivity contribution in [2.24, 2.45) is 0 Å². The molecule has 43 heavy (non-hydrogen) atoms. The number of anilines is 1. The summed E-state index contributed by atoms with van der Waals surface area (Å²) in [5, 5.41) is 1.51. The Hall–Kier alpha value is -4.46. The van der Waals surface area contributed by atoms with Crippen LogP contribution in [0.5, 0.6) is 0 Å². The van der Waals surface area contributed by atoms with Gasteiger partial charge in [0.05, 0.1) is 11.1 Å². The summed E-state index contributed by atoms with van der Waals surface area (Å²) < 4.78 is 17.8. The molecule has 1 aliphatic rings. The van der Waals surface area contributed by atoms with Gasteiger partial charge in [0.25, 0.3) is 0 Å². The van der Waals surface area contributed by atoms with E-state index >= 15 is 4.39 Å². The molecular weight excluding hydrogens is 539 g/mol. The lowest BCUT2D eigenvalue weighted by atomic mass is 9.77. The second-order valence-electron chi connectivity index (χ2n) is 11.8. The van der Waals surface area contributed by atoms with Crippen molar-refractivity contribution in [2.75, 3.05) is 24.5 Å². The smallest absolute Gasteiger partial charge is 0.350 e. The Morgan fingerprint density at radius 1 is 1.12 bits per heavy atom. The number of carbonyl (C=O) groups excluding carboxylic acids is 1. The van der Waals surface area contributed by atoms with E-state index in [1.807, 2.05) is 83.0 Å². The second-order valence-corrected chi connectivity index (χ2v) is 11.8. The molecule has 0 radical (unpaired) electrons. The van der Waals surface area contributed by atoms with Crippen molar-refractivity contribution in [3.05, 3.63) is 99.5 Å². The Morgan fingerprint density at radius 2 is 1.86 bits per heavy atom. The number of nitrogens with zero attached hydrogens (tertiary/aromatic N) is 5. The van der Waals surface area contributed by atoms with Crippen molar-refractivity contribution in [1.29, 1.82) is 0 Å². The molecule has 10 heteroatoms. The minimum atomic E-state index is -0.502. The maximum absolute atomic E-state index is 16.2. The highest BCUT2D eigenvalue weighted by Crippen LogP contribution is 2.35. The Morgan fingerprint density at radius 3 is 2.53 bits per heavy atom. The predicted octanol–water partition coefficient (Wildman–Crippen LogP) is 3.81. The lowest BCUT2D eigenvalue weighted by Gasteiger charge is -2.40. The van der Waals surface area contributed by atoms with Crippen LogP contribution in [0, 0.1) is 12.7 Å². The van der Waals surface area contributed by atoms with Crippen LogP contribution in [-0.4, -0.2) is 66.7 Å². The molecule has 0 spiro atoms. The van der Waals surface area contributed by atoms with Crippen LogP contribution >= 0.6 is 0 Å². The van der Waals surface area contributed by atoms with Crippen LogP contribution in [0.1, 0.15) is 43.4 Å². The monoisotopic (exact) mass is 575 g/mol. The largest absolute Gasteiger partial charge is 0.355 e. The molecule has 0 N–H and O–H groups in total. The molecular formula is C33H36B2FN5O2. The molecule has 218 valence electrons. The highest BCUT2D eigenvalue weighted by atomic mass is 19.1. The summed E-state index contributed by atoms with van der Waals surface area (Å²) >= 11 is 0. The van der Waals surface area contributed by atoms with Crippen LogP contribution < -0.4 is 10.6 Å². The number of halogens is 1. The number of amides is 1. The number of aryl methyl sites for hydroxylation is 1. The first-order valence-corrected chi connectivity index (χ1v) is 14.7. The van der Waals surface area contributed by atoms with Crippen molar-refractivity contribution >= 4 is 44.5 Å². The molecule has 0 saturated carbocycles. The minimum Gasteiger partial charge on any atom is -0.350 e. The van der Waals surface area contributed by atoms with Gasteiger partial charge in [-0.3, -0.25) is 4.79 Å². The SMILES string of the molecule is BC(B)=Cc1ccccc1-c1nc2c(cc1F)c(N1CCN(C(=O)C=C)C[C@@H]1C)nc(=O)n2-c1c(C)cccc1C(C)C. The van der Waals surface area contributed by atoms with Crippen molar-refractivity contribution in [2.45, 2.75) is 39.7 Å². The standard InChI is InChI=1S/C33H36B2FN5O2/c1-6-28(42)39-14-15-40(21(5)18-39)31-25-17-26(36)29(24-12-8-7-11-22(24)16-27(34)35)37-32(25)41(33(43)38-31)30-20(4)10-9-13-23(30)19(2)3/h6-13,16-17,19,21H,1,14-15,18,34-35H2,2-5H3/t21-/m0/s1. The molecule has 4 aromatic rings. The number of carbonyl (C=O) groups is 1.